The topological polar surface area (TPSA) is 26.3 Å². The SMILES string of the molecule is CC(C)(C)c1ccc(COC2CCC(=O)CC2)cc1. The van der Waals surface area contributed by atoms with Crippen LogP contribution in [0.5, 0.6) is 0 Å². The highest BCUT2D eigenvalue weighted by Crippen LogP contribution is 2.23. The Morgan fingerprint density at radius 3 is 2.21 bits per heavy atom. The molecule has 104 valence electrons. The molecule has 1 fully saturated rings. The van der Waals surface area contributed by atoms with Crippen LogP contribution in [0.15, 0.2) is 24.3 Å². The second-order valence-electron chi connectivity index (χ2n) is 6.50. The van der Waals surface area contributed by atoms with Gasteiger partial charge < -0.3 is 4.74 Å². The largest absolute Gasteiger partial charge is 0.374 e. The fourth-order valence-corrected chi connectivity index (χ4v) is 2.40. The molecule has 0 aromatic heterocycles. The summed E-state index contributed by atoms with van der Waals surface area (Å²) >= 11 is 0. The van der Waals surface area contributed by atoms with Gasteiger partial charge in [-0.3, -0.25) is 4.79 Å². The molecule has 0 unspecified atom stereocenters. The van der Waals surface area contributed by atoms with Gasteiger partial charge in [0.05, 0.1) is 12.7 Å². The van der Waals surface area contributed by atoms with Crippen LogP contribution in [-0.2, 0) is 21.6 Å². The third-order valence-electron chi connectivity index (χ3n) is 3.80. The van der Waals surface area contributed by atoms with Crippen LogP contribution in [0.4, 0.5) is 0 Å². The minimum absolute atomic E-state index is 0.198. The van der Waals surface area contributed by atoms with Gasteiger partial charge in [0.15, 0.2) is 0 Å². The first-order valence-electron chi connectivity index (χ1n) is 7.18. The lowest BCUT2D eigenvalue weighted by atomic mass is 9.87. The number of ether oxygens (including phenoxy) is 1. The maximum absolute atomic E-state index is 11.2. The van der Waals surface area contributed by atoms with Crippen LogP contribution in [0.2, 0.25) is 0 Å². The molecule has 0 saturated heterocycles. The monoisotopic (exact) mass is 260 g/mol. The van der Waals surface area contributed by atoms with E-state index < -0.39 is 0 Å². The number of carbonyl (C=O) groups excluding carboxylic acids is 1. The lowest BCUT2D eigenvalue weighted by molar-refractivity contribution is -0.123. The Balaban J connectivity index is 1.85. The van der Waals surface area contributed by atoms with Gasteiger partial charge in [0.2, 0.25) is 0 Å². The van der Waals surface area contributed by atoms with E-state index in [9.17, 15) is 4.79 Å². The smallest absolute Gasteiger partial charge is 0.133 e. The van der Waals surface area contributed by atoms with Gasteiger partial charge in [0, 0.05) is 12.8 Å². The Hall–Kier alpha value is -1.15. The Labute approximate surface area is 116 Å². The van der Waals surface area contributed by atoms with Gasteiger partial charge >= 0.3 is 0 Å². The molecule has 0 radical (unpaired) electrons. The first-order valence-corrected chi connectivity index (χ1v) is 7.18. The second kappa shape index (κ2) is 5.87. The predicted molar refractivity (Wildman–Crippen MR) is 77.2 cm³/mol. The molecule has 2 rings (SSSR count). The standard InChI is InChI=1S/C17H24O2/c1-17(2,3)14-6-4-13(5-7-14)12-19-16-10-8-15(18)9-11-16/h4-7,16H,8-12H2,1-3H3. The molecule has 0 heterocycles. The van der Waals surface area contributed by atoms with Crippen molar-refractivity contribution in [3.8, 4) is 0 Å². The zero-order valence-electron chi connectivity index (χ0n) is 12.2. The summed E-state index contributed by atoms with van der Waals surface area (Å²) in [6.45, 7) is 7.32. The van der Waals surface area contributed by atoms with Crippen molar-refractivity contribution >= 4 is 5.78 Å². The summed E-state index contributed by atoms with van der Waals surface area (Å²) in [5.41, 5.74) is 2.76. The molecule has 0 spiro atoms. The van der Waals surface area contributed by atoms with Gasteiger partial charge in [0.1, 0.15) is 5.78 Å². The molecule has 0 aliphatic heterocycles. The summed E-state index contributed by atoms with van der Waals surface area (Å²) in [4.78, 5) is 11.2. The Bertz CT molecular complexity index is 416. The highest BCUT2D eigenvalue weighted by molar-refractivity contribution is 5.79. The number of hydrogen-bond donors (Lipinski definition) is 0. The van der Waals surface area contributed by atoms with Gasteiger partial charge in [-0.2, -0.15) is 0 Å². The van der Waals surface area contributed by atoms with E-state index in [4.69, 9.17) is 4.74 Å². The fourth-order valence-electron chi connectivity index (χ4n) is 2.40. The van der Waals surface area contributed by atoms with Gasteiger partial charge in [-0.1, -0.05) is 45.0 Å². The van der Waals surface area contributed by atoms with Crippen molar-refractivity contribution in [1.29, 1.82) is 0 Å². The number of Topliss-reactive ketones (excluding diaryl/α,β-unsaturated/α-hetero) is 1. The number of benzene rings is 1. The van der Waals surface area contributed by atoms with E-state index in [-0.39, 0.29) is 11.5 Å². The molecule has 0 N–H and O–H groups in total. The van der Waals surface area contributed by atoms with E-state index in [0.717, 1.165) is 12.8 Å². The number of hydrogen-bond acceptors (Lipinski definition) is 2. The van der Waals surface area contributed by atoms with E-state index in [1.54, 1.807) is 0 Å². The van der Waals surface area contributed by atoms with E-state index in [1.165, 1.54) is 11.1 Å². The first kappa shape index (κ1) is 14.3. The molecule has 0 bridgehead atoms. The molecule has 2 heteroatoms. The van der Waals surface area contributed by atoms with Gasteiger partial charge in [-0.05, 0) is 29.4 Å². The quantitative estimate of drug-likeness (QED) is 0.820. The maximum atomic E-state index is 11.2. The van der Waals surface area contributed by atoms with Crippen LogP contribution in [0.1, 0.15) is 57.6 Å². The summed E-state index contributed by atoms with van der Waals surface area (Å²) in [5, 5.41) is 0. The second-order valence-corrected chi connectivity index (χ2v) is 6.50. The molecule has 2 nitrogen and oxygen atoms in total. The first-order chi connectivity index (χ1) is 8.95. The molecular weight excluding hydrogens is 236 g/mol. The Morgan fingerprint density at radius 1 is 1.11 bits per heavy atom. The normalized spacial score (nSPS) is 17.7. The van der Waals surface area contributed by atoms with Gasteiger partial charge in [-0.15, -0.1) is 0 Å². The molecular formula is C17H24O2. The molecule has 1 saturated carbocycles. The van der Waals surface area contributed by atoms with Crippen LogP contribution in [0.3, 0.4) is 0 Å². The summed E-state index contributed by atoms with van der Waals surface area (Å²) in [6.07, 6.45) is 3.42. The molecule has 19 heavy (non-hydrogen) atoms. The average Bonchev–Trinajstić information content (AvgIpc) is 2.37. The van der Waals surface area contributed by atoms with Crippen molar-refractivity contribution in [3.63, 3.8) is 0 Å². The van der Waals surface area contributed by atoms with Crippen molar-refractivity contribution in [2.75, 3.05) is 0 Å². The molecule has 1 aromatic carbocycles. The average molecular weight is 260 g/mol. The molecule has 0 amide bonds. The fraction of sp³-hybridized carbons (Fsp3) is 0.588. The van der Waals surface area contributed by atoms with Gasteiger partial charge in [0.25, 0.3) is 0 Å². The molecule has 1 aliphatic carbocycles. The van der Waals surface area contributed by atoms with Crippen LogP contribution >= 0.6 is 0 Å². The van der Waals surface area contributed by atoms with E-state index in [1.807, 2.05) is 0 Å². The van der Waals surface area contributed by atoms with Gasteiger partial charge in [-0.25, -0.2) is 0 Å². The number of rotatable bonds is 3. The van der Waals surface area contributed by atoms with Crippen LogP contribution < -0.4 is 0 Å². The van der Waals surface area contributed by atoms with Crippen LogP contribution in [-0.4, -0.2) is 11.9 Å². The molecule has 1 aliphatic rings. The predicted octanol–water partition coefficient (Wildman–Crippen LogP) is 4.01. The van der Waals surface area contributed by atoms with E-state index in [2.05, 4.69) is 45.0 Å². The molecule has 0 atom stereocenters. The van der Waals surface area contributed by atoms with Crippen molar-refractivity contribution in [1.82, 2.24) is 0 Å². The van der Waals surface area contributed by atoms with Crippen molar-refractivity contribution in [3.05, 3.63) is 35.4 Å². The third-order valence-corrected chi connectivity index (χ3v) is 3.80. The zero-order valence-corrected chi connectivity index (χ0v) is 12.2. The maximum Gasteiger partial charge on any atom is 0.133 e. The minimum atomic E-state index is 0.198. The Kier molecular flexibility index (Phi) is 4.41. The number of carbonyl (C=O) groups is 1. The van der Waals surface area contributed by atoms with Crippen LogP contribution in [0.25, 0.3) is 0 Å². The third kappa shape index (κ3) is 4.17. The summed E-state index contributed by atoms with van der Waals surface area (Å²) in [7, 11) is 0. The highest BCUT2D eigenvalue weighted by atomic mass is 16.5. The van der Waals surface area contributed by atoms with Crippen LogP contribution in [0, 0.1) is 0 Å². The van der Waals surface area contributed by atoms with E-state index in [0.29, 0.717) is 25.2 Å². The van der Waals surface area contributed by atoms with Crippen molar-refractivity contribution in [2.24, 2.45) is 0 Å². The summed E-state index contributed by atoms with van der Waals surface area (Å²) in [5.74, 6) is 0.384. The number of ketones is 1. The lowest BCUT2D eigenvalue weighted by Crippen LogP contribution is -2.21. The summed E-state index contributed by atoms with van der Waals surface area (Å²) in [6, 6.07) is 8.66. The summed E-state index contributed by atoms with van der Waals surface area (Å²) < 4.78 is 5.89. The minimum Gasteiger partial charge on any atom is -0.374 e. The van der Waals surface area contributed by atoms with Crippen molar-refractivity contribution < 1.29 is 9.53 Å². The van der Waals surface area contributed by atoms with Crippen molar-refractivity contribution in [2.45, 2.75) is 64.6 Å². The zero-order chi connectivity index (χ0) is 13.9. The highest BCUT2D eigenvalue weighted by Gasteiger charge is 2.19. The lowest BCUT2D eigenvalue weighted by Gasteiger charge is -2.22. The van der Waals surface area contributed by atoms with E-state index >= 15 is 0 Å². The Morgan fingerprint density at radius 2 is 1.68 bits per heavy atom. The molecule has 1 aromatic rings.